The Labute approximate surface area is 113 Å². The fraction of sp³-hybridized carbons (Fsp3) is 0.636. The second-order valence-corrected chi connectivity index (χ2v) is 5.24. The van der Waals surface area contributed by atoms with Crippen LogP contribution in [0.2, 0.25) is 0 Å². The molecule has 0 saturated carbocycles. The number of allylic oxidation sites excluding steroid dienone is 1. The number of carbonyl (C=O) groups excluding carboxylic acids is 1. The molecule has 0 heterocycles. The molecule has 0 bridgehead atoms. The monoisotopic (exact) mass is 289 g/mol. The van der Waals surface area contributed by atoms with Crippen LogP contribution in [0.1, 0.15) is 20.3 Å². The van der Waals surface area contributed by atoms with Gasteiger partial charge in [-0.3, -0.25) is 9.35 Å². The number of nitriles is 1. The number of carbonyl (C=O) groups is 1. The second kappa shape index (κ2) is 8.50. The second-order valence-electron chi connectivity index (χ2n) is 3.79. The summed E-state index contributed by atoms with van der Waals surface area (Å²) in [4.78, 5) is 13.5. The van der Waals surface area contributed by atoms with Crippen LogP contribution in [0.3, 0.4) is 0 Å². The summed E-state index contributed by atoms with van der Waals surface area (Å²) in [7, 11) is -4.27. The molecule has 7 nitrogen and oxygen atoms in total. The minimum Gasteiger partial charge on any atom is -0.378 e. The van der Waals surface area contributed by atoms with E-state index in [4.69, 9.17) is 9.81 Å². The van der Waals surface area contributed by atoms with E-state index >= 15 is 0 Å². The van der Waals surface area contributed by atoms with Gasteiger partial charge in [0.25, 0.3) is 10.1 Å². The van der Waals surface area contributed by atoms with E-state index in [0.29, 0.717) is 0 Å². The van der Waals surface area contributed by atoms with E-state index in [9.17, 15) is 13.2 Å². The van der Waals surface area contributed by atoms with Crippen molar-refractivity contribution in [3.8, 4) is 6.07 Å². The summed E-state index contributed by atoms with van der Waals surface area (Å²) in [5, 5.41) is 10.8. The SMILES string of the molecule is CCN(C=CCC(C#N)C(=O)NCS(=O)(=O)O)CC. The molecule has 0 rings (SSSR count). The van der Waals surface area contributed by atoms with E-state index < -0.39 is 27.8 Å². The summed E-state index contributed by atoms with van der Waals surface area (Å²) in [6.07, 6.45) is 3.67. The Kier molecular flexibility index (Phi) is 7.79. The minimum atomic E-state index is -4.27. The Balaban J connectivity index is 4.36. The number of hydrogen-bond donors (Lipinski definition) is 2. The highest BCUT2D eigenvalue weighted by Gasteiger charge is 2.18. The van der Waals surface area contributed by atoms with Crippen LogP contribution >= 0.6 is 0 Å². The number of nitrogens with zero attached hydrogens (tertiary/aromatic N) is 2. The van der Waals surface area contributed by atoms with Gasteiger partial charge in [-0.1, -0.05) is 6.08 Å². The van der Waals surface area contributed by atoms with Crippen molar-refractivity contribution in [2.45, 2.75) is 20.3 Å². The maximum absolute atomic E-state index is 11.5. The van der Waals surface area contributed by atoms with Crippen LogP contribution in [-0.2, 0) is 14.9 Å². The zero-order valence-corrected chi connectivity index (χ0v) is 11.9. The fourth-order valence-electron chi connectivity index (χ4n) is 1.28. The van der Waals surface area contributed by atoms with Crippen molar-refractivity contribution in [2.75, 3.05) is 19.0 Å². The number of hydrogen-bond acceptors (Lipinski definition) is 5. The van der Waals surface area contributed by atoms with Gasteiger partial charge in [0, 0.05) is 13.1 Å². The molecule has 0 radical (unpaired) electrons. The van der Waals surface area contributed by atoms with Crippen LogP contribution in [-0.4, -0.2) is 42.7 Å². The van der Waals surface area contributed by atoms with Gasteiger partial charge in [0.2, 0.25) is 5.91 Å². The molecule has 1 amide bonds. The highest BCUT2D eigenvalue weighted by Crippen LogP contribution is 2.04. The molecule has 1 unspecified atom stereocenters. The van der Waals surface area contributed by atoms with Crippen LogP contribution < -0.4 is 5.32 Å². The van der Waals surface area contributed by atoms with Gasteiger partial charge in [0.1, 0.15) is 11.8 Å². The molecule has 0 aromatic heterocycles. The molecule has 0 spiro atoms. The summed E-state index contributed by atoms with van der Waals surface area (Å²) < 4.78 is 29.4. The Hall–Kier alpha value is -1.59. The highest BCUT2D eigenvalue weighted by molar-refractivity contribution is 7.85. The number of nitrogens with one attached hydrogen (secondary N) is 1. The van der Waals surface area contributed by atoms with Gasteiger partial charge >= 0.3 is 0 Å². The van der Waals surface area contributed by atoms with Crippen molar-refractivity contribution in [3.05, 3.63) is 12.3 Å². The van der Waals surface area contributed by atoms with Crippen molar-refractivity contribution in [1.29, 1.82) is 5.26 Å². The molecule has 0 aliphatic rings. The third-order valence-corrected chi connectivity index (χ3v) is 2.91. The van der Waals surface area contributed by atoms with Crippen LogP contribution in [0.5, 0.6) is 0 Å². The molecule has 2 N–H and O–H groups in total. The van der Waals surface area contributed by atoms with E-state index in [1.165, 1.54) is 0 Å². The number of amides is 1. The first-order valence-electron chi connectivity index (χ1n) is 5.87. The Morgan fingerprint density at radius 3 is 2.47 bits per heavy atom. The van der Waals surface area contributed by atoms with Crippen LogP contribution in [0.4, 0.5) is 0 Å². The van der Waals surface area contributed by atoms with Crippen LogP contribution in [0.25, 0.3) is 0 Å². The van der Waals surface area contributed by atoms with Crippen molar-refractivity contribution in [3.63, 3.8) is 0 Å². The molecule has 0 aliphatic carbocycles. The summed E-state index contributed by atoms with van der Waals surface area (Å²) in [6, 6.07) is 1.79. The predicted molar refractivity (Wildman–Crippen MR) is 70.3 cm³/mol. The highest BCUT2D eigenvalue weighted by atomic mass is 32.2. The molecule has 0 aliphatic heterocycles. The third-order valence-electron chi connectivity index (χ3n) is 2.40. The topological polar surface area (TPSA) is 111 Å². The van der Waals surface area contributed by atoms with Gasteiger partial charge in [-0.05, 0) is 26.5 Å². The summed E-state index contributed by atoms with van der Waals surface area (Å²) in [5.74, 6) is -2.58. The molecule has 0 aromatic rings. The van der Waals surface area contributed by atoms with Gasteiger partial charge in [-0.15, -0.1) is 0 Å². The van der Waals surface area contributed by atoms with Crippen molar-refractivity contribution in [2.24, 2.45) is 5.92 Å². The standard InChI is InChI=1S/C11H19N3O4S/c1-3-14(4-2)7-5-6-10(8-12)11(15)13-9-19(16,17)18/h5,7,10H,3-4,6,9H2,1-2H3,(H,13,15)(H,16,17,18). The molecule has 0 saturated heterocycles. The molecule has 19 heavy (non-hydrogen) atoms. The molecule has 0 fully saturated rings. The molecular weight excluding hydrogens is 270 g/mol. The lowest BCUT2D eigenvalue weighted by Gasteiger charge is -2.15. The van der Waals surface area contributed by atoms with Crippen molar-refractivity contribution < 1.29 is 17.8 Å². The lowest BCUT2D eigenvalue weighted by atomic mass is 10.1. The summed E-state index contributed by atoms with van der Waals surface area (Å²) in [6.45, 7) is 5.60. The predicted octanol–water partition coefficient (Wildman–Crippen LogP) is 0.333. The summed E-state index contributed by atoms with van der Waals surface area (Å²) >= 11 is 0. The lowest BCUT2D eigenvalue weighted by molar-refractivity contribution is -0.123. The largest absolute Gasteiger partial charge is 0.378 e. The van der Waals surface area contributed by atoms with Crippen LogP contribution in [0.15, 0.2) is 12.3 Å². The maximum Gasteiger partial charge on any atom is 0.283 e. The van der Waals surface area contributed by atoms with Crippen LogP contribution in [0, 0.1) is 17.2 Å². The zero-order valence-electron chi connectivity index (χ0n) is 11.0. The van der Waals surface area contributed by atoms with E-state index in [2.05, 4.69) is 0 Å². The van der Waals surface area contributed by atoms with E-state index in [0.717, 1.165) is 13.1 Å². The van der Waals surface area contributed by atoms with Crippen molar-refractivity contribution in [1.82, 2.24) is 10.2 Å². The Bertz CT molecular complexity index is 449. The first kappa shape index (κ1) is 17.4. The molecule has 8 heteroatoms. The normalized spacial score (nSPS) is 12.9. The molecule has 1 atom stereocenters. The molecular formula is C11H19N3O4S. The zero-order chi connectivity index (χ0) is 14.9. The average molecular weight is 289 g/mol. The van der Waals surface area contributed by atoms with Gasteiger partial charge in [0.15, 0.2) is 0 Å². The Morgan fingerprint density at radius 1 is 1.47 bits per heavy atom. The minimum absolute atomic E-state index is 0.185. The first-order chi connectivity index (χ1) is 8.84. The van der Waals surface area contributed by atoms with Gasteiger partial charge < -0.3 is 10.2 Å². The quantitative estimate of drug-likeness (QED) is 0.623. The first-order valence-corrected chi connectivity index (χ1v) is 7.48. The van der Waals surface area contributed by atoms with Crippen molar-refractivity contribution >= 4 is 16.0 Å². The average Bonchev–Trinajstić information content (AvgIpc) is 2.35. The van der Waals surface area contributed by atoms with Gasteiger partial charge in [-0.2, -0.15) is 13.7 Å². The molecule has 0 aromatic carbocycles. The Morgan fingerprint density at radius 2 is 2.05 bits per heavy atom. The number of rotatable bonds is 8. The van der Waals surface area contributed by atoms with E-state index in [1.807, 2.05) is 24.1 Å². The van der Waals surface area contributed by atoms with E-state index in [-0.39, 0.29) is 6.42 Å². The fourth-order valence-corrected chi connectivity index (χ4v) is 1.61. The summed E-state index contributed by atoms with van der Waals surface area (Å²) in [5.41, 5.74) is 0. The third kappa shape index (κ3) is 8.18. The molecule has 108 valence electrons. The van der Waals surface area contributed by atoms with Gasteiger partial charge in [0.05, 0.1) is 6.07 Å². The maximum atomic E-state index is 11.5. The van der Waals surface area contributed by atoms with Gasteiger partial charge in [-0.25, -0.2) is 0 Å². The lowest BCUT2D eigenvalue weighted by Crippen LogP contribution is -2.33. The van der Waals surface area contributed by atoms with E-state index in [1.54, 1.807) is 18.3 Å². The smallest absolute Gasteiger partial charge is 0.283 e.